The van der Waals surface area contributed by atoms with Gasteiger partial charge in [0.25, 0.3) is 5.91 Å². The summed E-state index contributed by atoms with van der Waals surface area (Å²) in [7, 11) is 0. The molecule has 0 bridgehead atoms. The molecule has 1 aromatic heterocycles. The molecule has 0 aliphatic rings. The lowest BCUT2D eigenvalue weighted by atomic mass is 10.1. The van der Waals surface area contributed by atoms with E-state index in [4.69, 9.17) is 11.6 Å². The van der Waals surface area contributed by atoms with Crippen molar-refractivity contribution in [1.82, 2.24) is 15.5 Å². The number of aromatic nitrogens is 2. The highest BCUT2D eigenvalue weighted by molar-refractivity contribution is 6.30. The quantitative estimate of drug-likeness (QED) is 0.344. The van der Waals surface area contributed by atoms with Gasteiger partial charge < -0.3 is 5.32 Å². The number of carbonyl (C=O) groups is 1. The molecule has 168 valence electrons. The minimum Gasteiger partial charge on any atom is -0.352 e. The van der Waals surface area contributed by atoms with E-state index in [1.165, 1.54) is 6.07 Å². The zero-order valence-electron chi connectivity index (χ0n) is 17.3. The van der Waals surface area contributed by atoms with Crippen molar-refractivity contribution in [1.29, 1.82) is 0 Å². The van der Waals surface area contributed by atoms with Gasteiger partial charge in [-0.15, -0.1) is 0 Å². The zero-order chi connectivity index (χ0) is 23.4. The topological polar surface area (TPSA) is 57.8 Å². The maximum atomic E-state index is 13.0. The van der Waals surface area contributed by atoms with Crippen LogP contribution in [0.3, 0.4) is 0 Å². The van der Waals surface area contributed by atoms with E-state index in [2.05, 4.69) is 15.5 Å². The van der Waals surface area contributed by atoms with Gasteiger partial charge in [0.1, 0.15) is 0 Å². The van der Waals surface area contributed by atoms with Crippen molar-refractivity contribution in [3.8, 4) is 22.5 Å². The van der Waals surface area contributed by atoms with Gasteiger partial charge >= 0.3 is 6.18 Å². The van der Waals surface area contributed by atoms with Crippen LogP contribution in [0.2, 0.25) is 5.02 Å². The smallest absolute Gasteiger partial charge is 0.352 e. The molecule has 0 aliphatic heterocycles. The van der Waals surface area contributed by atoms with Gasteiger partial charge in [0.15, 0.2) is 0 Å². The third-order valence-corrected chi connectivity index (χ3v) is 5.34. The monoisotopic (exact) mass is 469 g/mol. The molecule has 0 radical (unpaired) electrons. The number of carbonyl (C=O) groups excluding carboxylic acids is 1. The highest BCUT2D eigenvalue weighted by Gasteiger charge is 2.30. The molecule has 33 heavy (non-hydrogen) atoms. The van der Waals surface area contributed by atoms with E-state index in [9.17, 15) is 18.0 Å². The maximum absolute atomic E-state index is 13.0. The Balaban J connectivity index is 1.40. The first-order valence-electron chi connectivity index (χ1n) is 10.2. The summed E-state index contributed by atoms with van der Waals surface area (Å²) in [6.07, 6.45) is -3.75. The molecule has 0 atom stereocenters. The number of halogens is 4. The highest BCUT2D eigenvalue weighted by atomic mass is 35.5. The lowest BCUT2D eigenvalue weighted by molar-refractivity contribution is -0.137. The van der Waals surface area contributed by atoms with Gasteiger partial charge in [0, 0.05) is 22.7 Å². The number of rotatable bonds is 6. The summed E-state index contributed by atoms with van der Waals surface area (Å²) in [5.74, 6) is -0.196. The predicted molar refractivity (Wildman–Crippen MR) is 122 cm³/mol. The van der Waals surface area contributed by atoms with Crippen LogP contribution in [0.1, 0.15) is 21.5 Å². The second-order valence-corrected chi connectivity index (χ2v) is 7.90. The van der Waals surface area contributed by atoms with Crippen molar-refractivity contribution in [2.75, 3.05) is 6.54 Å². The summed E-state index contributed by atoms with van der Waals surface area (Å²) in [5.41, 5.74) is 2.97. The average molecular weight is 470 g/mol. The molecule has 4 rings (SSSR count). The normalized spacial score (nSPS) is 11.4. The zero-order valence-corrected chi connectivity index (χ0v) is 18.0. The van der Waals surface area contributed by atoms with Crippen LogP contribution < -0.4 is 5.32 Å². The van der Waals surface area contributed by atoms with Gasteiger partial charge in [-0.3, -0.25) is 9.89 Å². The summed E-state index contributed by atoms with van der Waals surface area (Å²) >= 11 is 5.97. The summed E-state index contributed by atoms with van der Waals surface area (Å²) in [4.78, 5) is 12.4. The number of hydrogen-bond acceptors (Lipinski definition) is 2. The molecule has 3 aromatic carbocycles. The van der Waals surface area contributed by atoms with Gasteiger partial charge in [-0.2, -0.15) is 18.3 Å². The minimum atomic E-state index is -4.42. The third-order valence-electron chi connectivity index (χ3n) is 5.11. The van der Waals surface area contributed by atoms with Crippen LogP contribution in [0.5, 0.6) is 0 Å². The van der Waals surface area contributed by atoms with Crippen molar-refractivity contribution >= 4 is 17.5 Å². The molecule has 4 nitrogen and oxygen atoms in total. The van der Waals surface area contributed by atoms with Gasteiger partial charge in [0.05, 0.1) is 17.0 Å². The third kappa shape index (κ3) is 5.62. The maximum Gasteiger partial charge on any atom is 0.416 e. The number of benzene rings is 3. The van der Waals surface area contributed by atoms with Crippen molar-refractivity contribution in [2.45, 2.75) is 12.6 Å². The first-order chi connectivity index (χ1) is 15.8. The fraction of sp³-hybridized carbons (Fsp3) is 0.120. The van der Waals surface area contributed by atoms with E-state index in [-0.39, 0.29) is 5.91 Å². The number of nitrogens with one attached hydrogen (secondary N) is 2. The summed E-state index contributed by atoms with van der Waals surface area (Å²) in [6, 6.07) is 21.1. The van der Waals surface area contributed by atoms with Crippen molar-refractivity contribution in [3.63, 3.8) is 0 Å². The minimum absolute atomic E-state index is 0.196. The second kappa shape index (κ2) is 9.50. The summed E-state index contributed by atoms with van der Waals surface area (Å²) < 4.78 is 38.9. The molecule has 8 heteroatoms. The number of hydrogen-bond donors (Lipinski definition) is 2. The molecule has 0 spiro atoms. The van der Waals surface area contributed by atoms with E-state index in [1.807, 2.05) is 18.2 Å². The van der Waals surface area contributed by atoms with Gasteiger partial charge in [-0.05, 0) is 60.0 Å². The lowest BCUT2D eigenvalue weighted by Crippen LogP contribution is -2.25. The molecule has 1 amide bonds. The first-order valence-corrected chi connectivity index (χ1v) is 10.5. The number of nitrogens with zero attached hydrogens (tertiary/aromatic N) is 1. The van der Waals surface area contributed by atoms with Gasteiger partial charge in [-0.25, -0.2) is 0 Å². The van der Waals surface area contributed by atoms with E-state index >= 15 is 0 Å². The lowest BCUT2D eigenvalue weighted by Gasteiger charge is -2.07. The highest BCUT2D eigenvalue weighted by Crippen LogP contribution is 2.32. The van der Waals surface area contributed by atoms with Crippen LogP contribution in [0.25, 0.3) is 22.5 Å². The molecule has 0 saturated carbocycles. The largest absolute Gasteiger partial charge is 0.416 e. The van der Waals surface area contributed by atoms with Gasteiger partial charge in [-0.1, -0.05) is 48.0 Å². The molecule has 0 unspecified atom stereocenters. The van der Waals surface area contributed by atoms with Crippen LogP contribution in [-0.4, -0.2) is 22.6 Å². The van der Waals surface area contributed by atoms with Crippen LogP contribution >= 0.6 is 11.6 Å². The molecule has 0 saturated heterocycles. The Morgan fingerprint density at radius 2 is 1.70 bits per heavy atom. The van der Waals surface area contributed by atoms with Crippen LogP contribution in [0.4, 0.5) is 13.2 Å². The summed E-state index contributed by atoms with van der Waals surface area (Å²) in [5, 5.41) is 10.5. The number of aromatic amines is 1. The molecule has 0 fully saturated rings. The molecular weight excluding hydrogens is 451 g/mol. The Kier molecular flexibility index (Phi) is 6.51. The average Bonchev–Trinajstić information content (AvgIpc) is 3.29. The van der Waals surface area contributed by atoms with E-state index in [0.717, 1.165) is 23.3 Å². The standard InChI is InChI=1S/C25H19ClF3N3O/c26-21-6-1-3-16(13-21)11-12-30-24(33)18-9-7-17(8-10-18)22-15-23(32-31-22)19-4-2-5-20(14-19)25(27,28)29/h1-10,13-15H,11-12H2,(H,30,33)(H,31,32). The van der Waals surface area contributed by atoms with E-state index in [1.54, 1.807) is 42.5 Å². The summed E-state index contributed by atoms with van der Waals surface area (Å²) in [6.45, 7) is 0.474. The number of amides is 1. The Bertz CT molecular complexity index is 1270. The molecule has 4 aromatic rings. The molecule has 1 heterocycles. The molecule has 0 aliphatic carbocycles. The van der Waals surface area contributed by atoms with Crippen LogP contribution in [0.15, 0.2) is 78.9 Å². The SMILES string of the molecule is O=C(NCCc1cccc(Cl)c1)c1ccc(-c2cc(-c3cccc(C(F)(F)F)c3)n[nH]2)cc1. The Morgan fingerprint density at radius 1 is 0.939 bits per heavy atom. The van der Waals surface area contributed by atoms with E-state index < -0.39 is 11.7 Å². The van der Waals surface area contributed by atoms with Crippen LogP contribution in [0, 0.1) is 0 Å². The Hall–Kier alpha value is -3.58. The number of H-pyrrole nitrogens is 1. The molecule has 2 N–H and O–H groups in total. The number of alkyl halides is 3. The van der Waals surface area contributed by atoms with E-state index in [0.29, 0.717) is 40.5 Å². The first kappa shape index (κ1) is 22.6. The van der Waals surface area contributed by atoms with Crippen molar-refractivity contribution in [3.05, 3.63) is 101 Å². The van der Waals surface area contributed by atoms with Crippen LogP contribution in [-0.2, 0) is 12.6 Å². The fourth-order valence-corrected chi connectivity index (χ4v) is 3.60. The predicted octanol–water partition coefficient (Wildman–Crippen LogP) is 6.39. The Labute approximate surface area is 193 Å². The fourth-order valence-electron chi connectivity index (χ4n) is 3.39. The second-order valence-electron chi connectivity index (χ2n) is 7.46. The van der Waals surface area contributed by atoms with Gasteiger partial charge in [0.2, 0.25) is 0 Å². The Morgan fingerprint density at radius 3 is 2.42 bits per heavy atom. The van der Waals surface area contributed by atoms with Crippen molar-refractivity contribution in [2.24, 2.45) is 0 Å². The molecular formula is C25H19ClF3N3O. The van der Waals surface area contributed by atoms with Crippen molar-refractivity contribution < 1.29 is 18.0 Å².